The zero-order chi connectivity index (χ0) is 16.5. The van der Waals surface area contributed by atoms with Crippen LogP contribution in [-0.4, -0.2) is 12.7 Å². The summed E-state index contributed by atoms with van der Waals surface area (Å²) in [5, 5.41) is 9.56. The summed E-state index contributed by atoms with van der Waals surface area (Å²) in [4.78, 5) is 0. The maximum Gasteiger partial charge on any atom is 0.0689 e. The number of ether oxygens (including phenoxy) is 1. The van der Waals surface area contributed by atoms with E-state index in [0.29, 0.717) is 6.10 Å². The van der Waals surface area contributed by atoms with Crippen LogP contribution in [0.15, 0.2) is 0 Å². The predicted molar refractivity (Wildman–Crippen MR) is 96.1 cm³/mol. The molecule has 0 saturated heterocycles. The van der Waals surface area contributed by atoms with Crippen molar-refractivity contribution in [1.82, 2.24) is 0 Å². The first-order chi connectivity index (χ1) is 11.2. The van der Waals surface area contributed by atoms with Crippen molar-refractivity contribution in [1.29, 1.82) is 5.26 Å². The van der Waals surface area contributed by atoms with Gasteiger partial charge in [0.15, 0.2) is 0 Å². The first-order valence-corrected chi connectivity index (χ1v) is 10.3. The molecular weight excluding hydrogens is 282 g/mol. The largest absolute Gasteiger partial charge is 0.378 e. The molecule has 132 valence electrons. The molecule has 2 fully saturated rings. The van der Waals surface area contributed by atoms with Gasteiger partial charge in [0.2, 0.25) is 0 Å². The number of hydrogen-bond donors (Lipinski definition) is 0. The molecule has 0 radical (unpaired) electrons. The van der Waals surface area contributed by atoms with Gasteiger partial charge >= 0.3 is 0 Å². The molecule has 0 unspecified atom stereocenters. The highest BCUT2D eigenvalue weighted by Gasteiger charge is 2.38. The smallest absolute Gasteiger partial charge is 0.0689 e. The van der Waals surface area contributed by atoms with E-state index in [-0.39, 0.29) is 5.41 Å². The molecule has 23 heavy (non-hydrogen) atoms. The molecule has 2 nitrogen and oxygen atoms in total. The SMILES string of the molecule is CCCCCOC1CCC(C2CCC(C#N)(CCC)CC2)CC1. The Kier molecular flexibility index (Phi) is 7.90. The molecule has 2 rings (SSSR count). The van der Waals surface area contributed by atoms with E-state index in [0.717, 1.165) is 44.1 Å². The fraction of sp³-hybridized carbons (Fsp3) is 0.952. The lowest BCUT2D eigenvalue weighted by atomic mass is 9.64. The van der Waals surface area contributed by atoms with Gasteiger partial charge in [0.05, 0.1) is 17.6 Å². The third-order valence-corrected chi connectivity index (χ3v) is 6.44. The van der Waals surface area contributed by atoms with Gasteiger partial charge in [0.25, 0.3) is 0 Å². The Morgan fingerprint density at radius 3 is 2.13 bits per heavy atom. The van der Waals surface area contributed by atoms with Crippen molar-refractivity contribution in [3.05, 3.63) is 0 Å². The Hall–Kier alpha value is -0.550. The van der Waals surface area contributed by atoms with E-state index in [1.54, 1.807) is 0 Å². The molecule has 2 aliphatic carbocycles. The Labute approximate surface area is 144 Å². The topological polar surface area (TPSA) is 33.0 Å². The highest BCUT2D eigenvalue weighted by molar-refractivity contribution is 5.02. The average molecular weight is 320 g/mol. The molecule has 0 aliphatic heterocycles. The van der Waals surface area contributed by atoms with Gasteiger partial charge < -0.3 is 4.74 Å². The highest BCUT2D eigenvalue weighted by Crippen LogP contribution is 2.46. The van der Waals surface area contributed by atoms with Gasteiger partial charge in [-0.25, -0.2) is 0 Å². The van der Waals surface area contributed by atoms with Gasteiger partial charge in [0, 0.05) is 6.61 Å². The van der Waals surface area contributed by atoms with Gasteiger partial charge in [-0.3, -0.25) is 0 Å². The monoisotopic (exact) mass is 319 g/mol. The Morgan fingerprint density at radius 1 is 0.913 bits per heavy atom. The fourth-order valence-electron chi connectivity index (χ4n) is 4.89. The van der Waals surface area contributed by atoms with Crippen LogP contribution in [0.5, 0.6) is 0 Å². The molecule has 0 aromatic carbocycles. The van der Waals surface area contributed by atoms with Crippen LogP contribution in [0.3, 0.4) is 0 Å². The second-order valence-electron chi connectivity index (χ2n) is 8.09. The van der Waals surface area contributed by atoms with E-state index >= 15 is 0 Å². The Morgan fingerprint density at radius 2 is 1.57 bits per heavy atom. The third kappa shape index (κ3) is 5.49. The van der Waals surface area contributed by atoms with Crippen LogP contribution in [0, 0.1) is 28.6 Å². The first kappa shape index (κ1) is 18.8. The van der Waals surface area contributed by atoms with Gasteiger partial charge in [-0.1, -0.05) is 33.1 Å². The van der Waals surface area contributed by atoms with E-state index in [4.69, 9.17) is 4.74 Å². The van der Waals surface area contributed by atoms with Crippen molar-refractivity contribution in [3.8, 4) is 6.07 Å². The summed E-state index contributed by atoms with van der Waals surface area (Å²) >= 11 is 0. The van der Waals surface area contributed by atoms with Crippen molar-refractivity contribution in [2.45, 2.75) is 103 Å². The molecule has 0 atom stereocenters. The van der Waals surface area contributed by atoms with Crippen LogP contribution in [-0.2, 0) is 4.74 Å². The Balaban J connectivity index is 1.67. The zero-order valence-electron chi connectivity index (χ0n) is 15.5. The second-order valence-corrected chi connectivity index (χ2v) is 8.09. The minimum Gasteiger partial charge on any atom is -0.378 e. The first-order valence-electron chi connectivity index (χ1n) is 10.3. The minimum atomic E-state index is 0.0187. The summed E-state index contributed by atoms with van der Waals surface area (Å²) in [6.45, 7) is 5.43. The lowest BCUT2D eigenvalue weighted by molar-refractivity contribution is 0.00377. The van der Waals surface area contributed by atoms with E-state index in [1.807, 2.05) is 0 Å². The summed E-state index contributed by atoms with van der Waals surface area (Å²) in [7, 11) is 0. The van der Waals surface area contributed by atoms with E-state index in [2.05, 4.69) is 19.9 Å². The zero-order valence-corrected chi connectivity index (χ0v) is 15.5. The van der Waals surface area contributed by atoms with Crippen molar-refractivity contribution in [3.63, 3.8) is 0 Å². The summed E-state index contributed by atoms with van der Waals surface area (Å²) in [6.07, 6.45) is 16.7. The molecule has 0 spiro atoms. The lowest BCUT2D eigenvalue weighted by Gasteiger charge is -2.40. The molecule has 0 amide bonds. The van der Waals surface area contributed by atoms with Gasteiger partial charge in [-0.05, 0) is 76.0 Å². The van der Waals surface area contributed by atoms with Crippen LogP contribution in [0.2, 0.25) is 0 Å². The van der Waals surface area contributed by atoms with Gasteiger partial charge in [0.1, 0.15) is 0 Å². The van der Waals surface area contributed by atoms with Gasteiger partial charge in [-0.15, -0.1) is 0 Å². The quantitative estimate of drug-likeness (QED) is 0.495. The van der Waals surface area contributed by atoms with Crippen LogP contribution in [0.1, 0.15) is 97.3 Å². The summed E-state index contributed by atoms with van der Waals surface area (Å²) in [6, 6.07) is 2.66. The van der Waals surface area contributed by atoms with Crippen LogP contribution < -0.4 is 0 Å². The standard InChI is InChI=1S/C21H37NO/c1-3-5-6-16-23-20-9-7-18(8-10-20)19-11-14-21(17-22,13-4-2)15-12-19/h18-20H,3-16H2,1-2H3. The molecule has 2 saturated carbocycles. The fourth-order valence-corrected chi connectivity index (χ4v) is 4.89. The van der Waals surface area contributed by atoms with Crippen molar-refractivity contribution >= 4 is 0 Å². The number of unbranched alkanes of at least 4 members (excludes halogenated alkanes) is 2. The third-order valence-electron chi connectivity index (χ3n) is 6.44. The minimum absolute atomic E-state index is 0.0187. The summed E-state index contributed by atoms with van der Waals surface area (Å²) < 4.78 is 6.06. The molecular formula is C21H37NO. The number of rotatable bonds is 8. The van der Waals surface area contributed by atoms with Crippen molar-refractivity contribution < 1.29 is 4.74 Å². The molecule has 2 aliphatic rings. The molecule has 2 heteroatoms. The Bertz CT molecular complexity index is 357. The molecule has 0 heterocycles. The molecule has 0 aromatic rings. The van der Waals surface area contributed by atoms with Gasteiger partial charge in [-0.2, -0.15) is 5.26 Å². The number of nitriles is 1. The molecule has 0 N–H and O–H groups in total. The van der Waals surface area contributed by atoms with Crippen molar-refractivity contribution in [2.24, 2.45) is 17.3 Å². The predicted octanol–water partition coefficient (Wildman–Crippen LogP) is 6.25. The highest BCUT2D eigenvalue weighted by atomic mass is 16.5. The lowest BCUT2D eigenvalue weighted by Crippen LogP contribution is -2.32. The second kappa shape index (κ2) is 9.67. The summed E-state index contributed by atoms with van der Waals surface area (Å²) in [5.41, 5.74) is 0.0187. The molecule has 0 bridgehead atoms. The van der Waals surface area contributed by atoms with Crippen LogP contribution >= 0.6 is 0 Å². The van der Waals surface area contributed by atoms with E-state index in [9.17, 15) is 5.26 Å². The van der Waals surface area contributed by atoms with Crippen molar-refractivity contribution in [2.75, 3.05) is 6.61 Å². The van der Waals surface area contributed by atoms with Crippen LogP contribution in [0.25, 0.3) is 0 Å². The maximum absolute atomic E-state index is 9.56. The summed E-state index contributed by atoms with van der Waals surface area (Å²) in [5.74, 6) is 1.79. The normalized spacial score (nSPS) is 34.9. The maximum atomic E-state index is 9.56. The number of hydrogen-bond acceptors (Lipinski definition) is 2. The average Bonchev–Trinajstić information content (AvgIpc) is 2.60. The van der Waals surface area contributed by atoms with Crippen LogP contribution in [0.4, 0.5) is 0 Å². The van der Waals surface area contributed by atoms with E-state index < -0.39 is 0 Å². The van der Waals surface area contributed by atoms with E-state index in [1.165, 1.54) is 57.8 Å². The number of nitrogens with zero attached hydrogens (tertiary/aromatic N) is 1. The molecule has 0 aromatic heterocycles.